The molecule has 0 atom stereocenters. The lowest BCUT2D eigenvalue weighted by Crippen LogP contribution is -2.44. The molecule has 0 aliphatic carbocycles. The zero-order valence-corrected chi connectivity index (χ0v) is 19.2. The zero-order chi connectivity index (χ0) is 20.8. The minimum Gasteiger partial charge on any atom is -0.331 e. The maximum Gasteiger partial charge on any atom is 0.254 e. The van der Waals surface area contributed by atoms with Crippen LogP contribution in [0.15, 0.2) is 41.3 Å². The van der Waals surface area contributed by atoms with Gasteiger partial charge in [-0.25, -0.2) is 13.6 Å². The summed E-state index contributed by atoms with van der Waals surface area (Å²) >= 11 is 12.0. The summed E-state index contributed by atoms with van der Waals surface area (Å²) in [5.41, 5.74) is 2.33. The van der Waals surface area contributed by atoms with Gasteiger partial charge in [-0.05, 0) is 48.2 Å². The van der Waals surface area contributed by atoms with Crippen molar-refractivity contribution in [1.29, 1.82) is 0 Å². The molecular formula is C20H22Cl3N3O3S. The van der Waals surface area contributed by atoms with Crippen molar-refractivity contribution in [2.45, 2.75) is 36.9 Å². The fourth-order valence-corrected chi connectivity index (χ4v) is 5.33. The molecule has 30 heavy (non-hydrogen) atoms. The summed E-state index contributed by atoms with van der Waals surface area (Å²) in [7, 11) is -3.98. The Morgan fingerprint density at radius 3 is 2.30 bits per heavy atom. The summed E-state index contributed by atoms with van der Waals surface area (Å²) in [5.74, 6) is -0.155. The number of nitrogens with two attached hydrogens (primary N) is 1. The van der Waals surface area contributed by atoms with Crippen molar-refractivity contribution >= 4 is 51.5 Å². The van der Waals surface area contributed by atoms with E-state index in [4.69, 9.17) is 28.3 Å². The van der Waals surface area contributed by atoms with E-state index in [2.05, 4.69) is 4.90 Å². The van der Waals surface area contributed by atoms with Crippen LogP contribution in [0.5, 0.6) is 0 Å². The Bertz CT molecular complexity index is 1050. The monoisotopic (exact) mass is 489 g/mol. The van der Waals surface area contributed by atoms with E-state index in [0.717, 1.165) is 43.1 Å². The number of carbonyl (C=O) groups is 1. The van der Waals surface area contributed by atoms with Gasteiger partial charge in [-0.2, -0.15) is 0 Å². The lowest BCUT2D eigenvalue weighted by molar-refractivity contribution is 0.0590. The van der Waals surface area contributed by atoms with Gasteiger partial charge in [0.2, 0.25) is 10.0 Å². The third-order valence-corrected chi connectivity index (χ3v) is 7.24. The van der Waals surface area contributed by atoms with E-state index in [1.165, 1.54) is 11.6 Å². The Labute approximate surface area is 192 Å². The topological polar surface area (TPSA) is 83.7 Å². The number of rotatable bonds is 4. The van der Waals surface area contributed by atoms with E-state index in [1.54, 1.807) is 6.07 Å². The number of hydrogen-bond donors (Lipinski definition) is 1. The zero-order valence-electron chi connectivity index (χ0n) is 16.1. The number of sulfonamides is 1. The molecule has 0 radical (unpaired) electrons. The number of hydrogen-bond acceptors (Lipinski definition) is 4. The molecule has 1 saturated heterocycles. The van der Waals surface area contributed by atoms with Crippen LogP contribution in [0.3, 0.4) is 0 Å². The first-order chi connectivity index (χ1) is 13.7. The van der Waals surface area contributed by atoms with Crippen LogP contribution in [-0.4, -0.2) is 43.3 Å². The van der Waals surface area contributed by atoms with Crippen molar-refractivity contribution < 1.29 is 13.2 Å². The van der Waals surface area contributed by atoms with Crippen LogP contribution >= 0.6 is 35.6 Å². The molecule has 2 aliphatic heterocycles. The van der Waals surface area contributed by atoms with Gasteiger partial charge in [0.1, 0.15) is 4.90 Å². The summed E-state index contributed by atoms with van der Waals surface area (Å²) in [6.45, 7) is 3.07. The number of benzene rings is 2. The van der Waals surface area contributed by atoms with E-state index < -0.39 is 10.0 Å². The second-order valence-corrected chi connectivity index (χ2v) is 9.93. The van der Waals surface area contributed by atoms with Crippen LogP contribution in [-0.2, 0) is 23.1 Å². The Morgan fingerprint density at radius 2 is 1.70 bits per heavy atom. The summed E-state index contributed by atoms with van der Waals surface area (Å²) < 4.78 is 23.4. The average molecular weight is 491 g/mol. The van der Waals surface area contributed by atoms with Crippen LogP contribution in [0.25, 0.3) is 0 Å². The fourth-order valence-electron chi connectivity index (χ4n) is 4.08. The summed E-state index contributed by atoms with van der Waals surface area (Å²) in [6.07, 6.45) is 1.73. The fraction of sp³-hybridized carbons (Fsp3) is 0.350. The molecule has 162 valence electrons. The number of fused-ring (bicyclic) bond motifs is 1. The largest absolute Gasteiger partial charge is 0.331 e. The third kappa shape index (κ3) is 4.77. The Hall–Kier alpha value is -1.35. The van der Waals surface area contributed by atoms with Gasteiger partial charge in [0, 0.05) is 42.8 Å². The molecule has 6 nitrogen and oxygen atoms in total. The number of piperidine rings is 1. The van der Waals surface area contributed by atoms with E-state index in [1.807, 2.05) is 29.2 Å². The first kappa shape index (κ1) is 23.3. The van der Waals surface area contributed by atoms with Crippen molar-refractivity contribution in [3.8, 4) is 0 Å². The normalized spacial score (nSPS) is 17.7. The summed E-state index contributed by atoms with van der Waals surface area (Å²) in [4.78, 5) is 16.9. The van der Waals surface area contributed by atoms with Gasteiger partial charge < -0.3 is 4.90 Å². The molecule has 0 saturated carbocycles. The molecule has 2 N–H and O–H groups in total. The number of likely N-dealkylation sites (tertiary alicyclic amines) is 1. The SMILES string of the molecule is Cl.NS(=O)(=O)c1cc2c(cc1Cl)CN(C1CCN(Cc3ccc(Cl)cc3)CC1)C2=O. The highest BCUT2D eigenvalue weighted by Gasteiger charge is 2.35. The third-order valence-electron chi connectivity index (χ3n) is 5.61. The van der Waals surface area contributed by atoms with Gasteiger partial charge in [-0.1, -0.05) is 35.3 Å². The van der Waals surface area contributed by atoms with E-state index in [9.17, 15) is 13.2 Å². The lowest BCUT2D eigenvalue weighted by atomic mass is 10.0. The summed E-state index contributed by atoms with van der Waals surface area (Å²) in [5, 5.41) is 5.99. The first-order valence-electron chi connectivity index (χ1n) is 9.35. The van der Waals surface area contributed by atoms with Crippen LogP contribution in [0.1, 0.15) is 34.3 Å². The van der Waals surface area contributed by atoms with Crippen LogP contribution in [0.2, 0.25) is 10.0 Å². The number of primary sulfonamides is 1. The predicted octanol–water partition coefficient (Wildman–Crippen LogP) is 3.68. The second-order valence-electron chi connectivity index (χ2n) is 7.55. The Morgan fingerprint density at radius 1 is 1.07 bits per heavy atom. The first-order valence-corrected chi connectivity index (χ1v) is 11.7. The number of amides is 1. The van der Waals surface area contributed by atoms with E-state index in [-0.39, 0.29) is 34.3 Å². The van der Waals surface area contributed by atoms with Gasteiger partial charge in [0.25, 0.3) is 5.91 Å². The van der Waals surface area contributed by atoms with Crippen LogP contribution < -0.4 is 5.14 Å². The minimum atomic E-state index is -3.98. The van der Waals surface area contributed by atoms with Crippen LogP contribution in [0, 0.1) is 0 Å². The molecule has 2 aliphatic rings. The van der Waals surface area contributed by atoms with Gasteiger partial charge in [0.05, 0.1) is 5.02 Å². The second kappa shape index (κ2) is 9.02. The van der Waals surface area contributed by atoms with Crippen molar-refractivity contribution in [1.82, 2.24) is 9.80 Å². The highest BCUT2D eigenvalue weighted by molar-refractivity contribution is 7.89. The van der Waals surface area contributed by atoms with Gasteiger partial charge in [-0.15, -0.1) is 12.4 Å². The van der Waals surface area contributed by atoms with Crippen molar-refractivity contribution in [3.63, 3.8) is 0 Å². The molecule has 0 spiro atoms. The molecule has 10 heteroatoms. The Balaban J connectivity index is 0.00000256. The summed E-state index contributed by atoms with van der Waals surface area (Å²) in [6, 6.07) is 10.8. The number of nitrogens with zero attached hydrogens (tertiary/aromatic N) is 2. The maximum atomic E-state index is 12.9. The van der Waals surface area contributed by atoms with Gasteiger partial charge >= 0.3 is 0 Å². The smallest absolute Gasteiger partial charge is 0.254 e. The lowest BCUT2D eigenvalue weighted by Gasteiger charge is -2.36. The molecule has 2 heterocycles. The maximum absolute atomic E-state index is 12.9. The quantitative estimate of drug-likeness (QED) is 0.708. The molecule has 0 bridgehead atoms. The standard InChI is InChI=1S/C20H21Cl2N3O3S.ClH/c21-15-3-1-13(2-4-15)11-24-7-5-16(6-8-24)25-12-14-9-18(22)19(29(23,27)28)10-17(14)20(25)26;/h1-4,9-10,16H,5-8,11-12H2,(H2,23,27,28);1H. The van der Waals surface area contributed by atoms with Crippen molar-refractivity contribution in [2.24, 2.45) is 5.14 Å². The molecule has 2 aromatic rings. The van der Waals surface area contributed by atoms with Gasteiger partial charge in [0.15, 0.2) is 0 Å². The highest BCUT2D eigenvalue weighted by Crippen LogP contribution is 2.33. The molecule has 1 fully saturated rings. The number of halogens is 3. The molecule has 4 rings (SSSR count). The predicted molar refractivity (Wildman–Crippen MR) is 120 cm³/mol. The van der Waals surface area contributed by atoms with Crippen LogP contribution in [0.4, 0.5) is 0 Å². The van der Waals surface area contributed by atoms with Crippen molar-refractivity contribution in [2.75, 3.05) is 13.1 Å². The highest BCUT2D eigenvalue weighted by atomic mass is 35.5. The molecular weight excluding hydrogens is 469 g/mol. The Kier molecular flexibility index (Phi) is 7.01. The van der Waals surface area contributed by atoms with Crippen molar-refractivity contribution in [3.05, 3.63) is 63.1 Å². The molecule has 0 aromatic heterocycles. The molecule has 1 amide bonds. The molecule has 2 aromatic carbocycles. The van der Waals surface area contributed by atoms with E-state index >= 15 is 0 Å². The number of carbonyl (C=O) groups excluding carboxylic acids is 1. The molecule has 0 unspecified atom stereocenters. The van der Waals surface area contributed by atoms with E-state index in [0.29, 0.717) is 12.1 Å². The minimum absolute atomic E-state index is 0. The van der Waals surface area contributed by atoms with Gasteiger partial charge in [-0.3, -0.25) is 9.69 Å². The average Bonchev–Trinajstić information content (AvgIpc) is 2.98.